The minimum Gasteiger partial charge on any atom is -0.311 e. The predicted octanol–water partition coefficient (Wildman–Crippen LogP) is 3.08. The molecule has 0 saturated carbocycles. The van der Waals surface area contributed by atoms with Crippen LogP contribution in [0.1, 0.15) is 50.9 Å². The van der Waals surface area contributed by atoms with Crippen molar-refractivity contribution in [1.29, 1.82) is 0 Å². The SMILES string of the molecule is CCN(Cc1c(Br)c(C)nn1CC)C1CC2CCC(C1)N2. The predicted molar refractivity (Wildman–Crippen MR) is 89.4 cm³/mol. The molecular weight excluding hydrogens is 328 g/mol. The number of nitrogens with one attached hydrogen (secondary N) is 1. The Labute approximate surface area is 136 Å². The Morgan fingerprint density at radius 1 is 1.29 bits per heavy atom. The Morgan fingerprint density at radius 3 is 2.52 bits per heavy atom. The van der Waals surface area contributed by atoms with Gasteiger partial charge in [-0.15, -0.1) is 0 Å². The maximum absolute atomic E-state index is 4.63. The zero-order valence-electron chi connectivity index (χ0n) is 13.4. The van der Waals surface area contributed by atoms with Crippen LogP contribution in [0, 0.1) is 6.92 Å². The van der Waals surface area contributed by atoms with Gasteiger partial charge in [-0.05, 0) is 62.0 Å². The highest BCUT2D eigenvalue weighted by Gasteiger charge is 2.36. The first-order valence-corrected chi connectivity index (χ1v) is 9.13. The van der Waals surface area contributed by atoms with Gasteiger partial charge in [0.25, 0.3) is 0 Å². The second-order valence-electron chi connectivity index (χ2n) is 6.49. The van der Waals surface area contributed by atoms with Crippen LogP contribution in [-0.2, 0) is 13.1 Å². The molecule has 2 bridgehead atoms. The summed E-state index contributed by atoms with van der Waals surface area (Å²) in [6.07, 6.45) is 5.35. The maximum atomic E-state index is 4.63. The lowest BCUT2D eigenvalue weighted by molar-refractivity contribution is 0.137. The highest BCUT2D eigenvalue weighted by Crippen LogP contribution is 2.31. The molecule has 1 aromatic rings. The van der Waals surface area contributed by atoms with E-state index < -0.39 is 0 Å². The molecule has 3 rings (SSSR count). The van der Waals surface area contributed by atoms with E-state index in [0.717, 1.165) is 43.5 Å². The smallest absolute Gasteiger partial charge is 0.0739 e. The molecule has 0 radical (unpaired) electrons. The van der Waals surface area contributed by atoms with E-state index in [9.17, 15) is 0 Å². The molecule has 4 nitrogen and oxygen atoms in total. The lowest BCUT2D eigenvalue weighted by Crippen LogP contribution is -2.48. The molecule has 3 heterocycles. The van der Waals surface area contributed by atoms with Crippen molar-refractivity contribution in [2.45, 2.75) is 77.7 Å². The standard InChI is InChI=1S/C16H27BrN4/c1-4-20(14-8-12-6-7-13(9-14)18-12)10-15-16(17)11(3)19-21(15)5-2/h12-14,18H,4-10H2,1-3H3. The number of fused-ring (bicyclic) bond motifs is 2. The molecule has 2 fully saturated rings. The monoisotopic (exact) mass is 354 g/mol. The topological polar surface area (TPSA) is 33.1 Å². The van der Waals surface area contributed by atoms with Crippen LogP contribution in [0.4, 0.5) is 0 Å². The van der Waals surface area contributed by atoms with Gasteiger partial charge in [-0.25, -0.2) is 0 Å². The quantitative estimate of drug-likeness (QED) is 0.881. The number of aryl methyl sites for hydroxylation is 2. The molecule has 2 saturated heterocycles. The fourth-order valence-corrected chi connectivity index (χ4v) is 4.45. The van der Waals surface area contributed by atoms with Crippen molar-refractivity contribution in [2.75, 3.05) is 6.54 Å². The summed E-state index contributed by atoms with van der Waals surface area (Å²) in [5, 5.41) is 8.38. The number of hydrogen-bond donors (Lipinski definition) is 1. The molecule has 1 aromatic heterocycles. The molecule has 5 heteroatoms. The van der Waals surface area contributed by atoms with Gasteiger partial charge in [0.1, 0.15) is 0 Å². The van der Waals surface area contributed by atoms with E-state index in [4.69, 9.17) is 0 Å². The summed E-state index contributed by atoms with van der Waals surface area (Å²) in [6.45, 7) is 9.61. The zero-order valence-corrected chi connectivity index (χ0v) is 15.0. The second-order valence-corrected chi connectivity index (χ2v) is 7.28. The molecule has 118 valence electrons. The lowest BCUT2D eigenvalue weighted by Gasteiger charge is -2.37. The van der Waals surface area contributed by atoms with Crippen LogP contribution in [0.2, 0.25) is 0 Å². The van der Waals surface area contributed by atoms with Crippen LogP contribution in [0.25, 0.3) is 0 Å². The summed E-state index contributed by atoms with van der Waals surface area (Å²) in [6, 6.07) is 2.23. The third-order valence-corrected chi connectivity index (χ3v) is 6.21. The van der Waals surface area contributed by atoms with Gasteiger partial charge in [-0.2, -0.15) is 5.10 Å². The molecule has 0 spiro atoms. The first-order valence-electron chi connectivity index (χ1n) is 8.34. The fourth-order valence-electron chi connectivity index (χ4n) is 4.04. The van der Waals surface area contributed by atoms with E-state index in [0.29, 0.717) is 0 Å². The summed E-state index contributed by atoms with van der Waals surface area (Å²) in [4.78, 5) is 2.65. The summed E-state index contributed by atoms with van der Waals surface area (Å²) in [5.74, 6) is 0. The van der Waals surface area contributed by atoms with Crippen molar-refractivity contribution in [3.63, 3.8) is 0 Å². The van der Waals surface area contributed by atoms with Gasteiger partial charge in [-0.1, -0.05) is 6.92 Å². The first kappa shape index (κ1) is 15.5. The van der Waals surface area contributed by atoms with Crippen LogP contribution >= 0.6 is 15.9 Å². The van der Waals surface area contributed by atoms with E-state index in [1.165, 1.54) is 35.8 Å². The van der Waals surface area contributed by atoms with Gasteiger partial charge >= 0.3 is 0 Å². The third kappa shape index (κ3) is 3.06. The largest absolute Gasteiger partial charge is 0.311 e. The van der Waals surface area contributed by atoms with Gasteiger partial charge in [0, 0.05) is 31.2 Å². The molecule has 0 aliphatic carbocycles. The van der Waals surface area contributed by atoms with Gasteiger partial charge in [0.15, 0.2) is 0 Å². The van der Waals surface area contributed by atoms with Gasteiger partial charge < -0.3 is 5.32 Å². The first-order chi connectivity index (χ1) is 10.1. The summed E-state index contributed by atoms with van der Waals surface area (Å²) >= 11 is 3.74. The van der Waals surface area contributed by atoms with Crippen LogP contribution in [0.3, 0.4) is 0 Å². The van der Waals surface area contributed by atoms with Crippen molar-refractivity contribution in [1.82, 2.24) is 20.0 Å². The minimum atomic E-state index is 0.723. The highest BCUT2D eigenvalue weighted by molar-refractivity contribution is 9.10. The second kappa shape index (κ2) is 6.39. The van der Waals surface area contributed by atoms with Gasteiger partial charge in [0.2, 0.25) is 0 Å². The Hall–Kier alpha value is -0.390. The van der Waals surface area contributed by atoms with Crippen LogP contribution in [0.15, 0.2) is 4.47 Å². The number of hydrogen-bond acceptors (Lipinski definition) is 3. The summed E-state index contributed by atoms with van der Waals surface area (Å²) in [7, 11) is 0. The molecule has 2 aliphatic rings. The van der Waals surface area contributed by atoms with E-state index in [1.807, 2.05) is 0 Å². The van der Waals surface area contributed by atoms with Crippen molar-refractivity contribution in [3.05, 3.63) is 15.9 Å². The van der Waals surface area contributed by atoms with Crippen molar-refractivity contribution >= 4 is 15.9 Å². The Kier molecular flexibility index (Phi) is 4.71. The number of rotatable bonds is 5. The highest BCUT2D eigenvalue weighted by atomic mass is 79.9. The van der Waals surface area contributed by atoms with Crippen molar-refractivity contribution in [2.24, 2.45) is 0 Å². The average Bonchev–Trinajstić information content (AvgIpc) is 2.96. The number of piperidine rings is 1. The van der Waals surface area contributed by atoms with E-state index >= 15 is 0 Å². The Balaban J connectivity index is 1.75. The lowest BCUT2D eigenvalue weighted by atomic mass is 9.98. The summed E-state index contributed by atoms with van der Waals surface area (Å²) in [5.41, 5.74) is 2.44. The summed E-state index contributed by atoms with van der Waals surface area (Å²) < 4.78 is 3.34. The van der Waals surface area contributed by atoms with E-state index in [2.05, 4.69) is 56.7 Å². The number of halogens is 1. The molecule has 0 amide bonds. The maximum Gasteiger partial charge on any atom is 0.0739 e. The molecule has 0 aromatic carbocycles. The van der Waals surface area contributed by atoms with Gasteiger partial charge in [-0.3, -0.25) is 9.58 Å². The molecule has 2 unspecified atom stereocenters. The van der Waals surface area contributed by atoms with Crippen LogP contribution < -0.4 is 5.32 Å². The van der Waals surface area contributed by atoms with Crippen LogP contribution in [0.5, 0.6) is 0 Å². The Bertz CT molecular complexity index is 487. The molecule has 21 heavy (non-hydrogen) atoms. The molecular formula is C16H27BrN4. The van der Waals surface area contributed by atoms with E-state index in [1.54, 1.807) is 0 Å². The normalized spacial score (nSPS) is 28.5. The van der Waals surface area contributed by atoms with Crippen molar-refractivity contribution in [3.8, 4) is 0 Å². The average molecular weight is 355 g/mol. The minimum absolute atomic E-state index is 0.723. The molecule has 1 N–H and O–H groups in total. The fraction of sp³-hybridized carbons (Fsp3) is 0.812. The molecule has 2 atom stereocenters. The van der Waals surface area contributed by atoms with Gasteiger partial charge in [0.05, 0.1) is 15.9 Å². The molecule has 2 aliphatic heterocycles. The number of nitrogens with zero attached hydrogens (tertiary/aromatic N) is 3. The van der Waals surface area contributed by atoms with E-state index in [-0.39, 0.29) is 0 Å². The number of aromatic nitrogens is 2. The Morgan fingerprint density at radius 2 is 1.95 bits per heavy atom. The van der Waals surface area contributed by atoms with Crippen molar-refractivity contribution < 1.29 is 0 Å². The third-order valence-electron chi connectivity index (χ3n) is 5.18. The zero-order chi connectivity index (χ0) is 15.0. The van der Waals surface area contributed by atoms with Crippen LogP contribution in [-0.4, -0.2) is 39.4 Å².